The second kappa shape index (κ2) is 3.19. The molecule has 1 aliphatic rings. The van der Waals surface area contributed by atoms with Crippen molar-refractivity contribution < 1.29 is 5.11 Å². The van der Waals surface area contributed by atoms with Gasteiger partial charge in [-0.3, -0.25) is 0 Å². The van der Waals surface area contributed by atoms with E-state index < -0.39 is 0 Å². The molecule has 0 saturated heterocycles. The molecule has 12 heavy (non-hydrogen) atoms. The van der Waals surface area contributed by atoms with E-state index in [1.165, 1.54) is 17.7 Å². The molecule has 66 valence electrons. The Hall–Kier alpha value is -0.340. The van der Waals surface area contributed by atoms with Crippen molar-refractivity contribution in [2.75, 3.05) is 0 Å². The predicted octanol–water partition coefficient (Wildman–Crippen LogP) is 2.60. The summed E-state index contributed by atoms with van der Waals surface area (Å²) in [6, 6.07) is 4.17. The highest BCUT2D eigenvalue weighted by Crippen LogP contribution is 2.33. The van der Waals surface area contributed by atoms with Crippen LogP contribution in [0.1, 0.15) is 30.6 Å². The Kier molecular flexibility index (Phi) is 2.20. The highest BCUT2D eigenvalue weighted by molar-refractivity contribution is 7.09. The minimum absolute atomic E-state index is 0.370. The predicted molar refractivity (Wildman–Crippen MR) is 51.4 cm³/mol. The molecule has 1 aromatic heterocycles. The average Bonchev–Trinajstić information content (AvgIpc) is 2.62. The first-order valence-corrected chi connectivity index (χ1v) is 5.41. The summed E-state index contributed by atoms with van der Waals surface area (Å²) in [5.74, 6) is 0. The van der Waals surface area contributed by atoms with Crippen LogP contribution in [0, 0.1) is 0 Å². The molecule has 1 saturated carbocycles. The summed E-state index contributed by atoms with van der Waals surface area (Å²) in [5.41, 5.74) is -0.370. The van der Waals surface area contributed by atoms with Crippen LogP contribution in [-0.4, -0.2) is 10.7 Å². The van der Waals surface area contributed by atoms with Gasteiger partial charge in [-0.1, -0.05) is 18.9 Å². The molecule has 0 bridgehead atoms. The van der Waals surface area contributed by atoms with Gasteiger partial charge >= 0.3 is 0 Å². The third-order valence-corrected chi connectivity index (χ3v) is 3.49. The van der Waals surface area contributed by atoms with Crippen molar-refractivity contribution in [1.82, 2.24) is 0 Å². The molecule has 1 aromatic rings. The summed E-state index contributed by atoms with van der Waals surface area (Å²) >= 11 is 1.75. The number of hydrogen-bond acceptors (Lipinski definition) is 2. The zero-order valence-electron chi connectivity index (χ0n) is 7.12. The van der Waals surface area contributed by atoms with E-state index in [9.17, 15) is 5.11 Å². The molecule has 1 aliphatic carbocycles. The van der Waals surface area contributed by atoms with Crippen LogP contribution in [0.4, 0.5) is 0 Å². The van der Waals surface area contributed by atoms with Crippen LogP contribution < -0.4 is 0 Å². The summed E-state index contributed by atoms with van der Waals surface area (Å²) < 4.78 is 0. The Labute approximate surface area is 77.0 Å². The van der Waals surface area contributed by atoms with Crippen molar-refractivity contribution in [2.24, 2.45) is 0 Å². The molecule has 0 atom stereocenters. The molecule has 0 aromatic carbocycles. The lowest BCUT2D eigenvalue weighted by Gasteiger charge is -2.20. The maximum absolute atomic E-state index is 10.1. The number of thiophene rings is 1. The van der Waals surface area contributed by atoms with Gasteiger partial charge in [0.25, 0.3) is 0 Å². The van der Waals surface area contributed by atoms with Gasteiger partial charge in [-0.2, -0.15) is 0 Å². The molecular formula is C10H14OS. The van der Waals surface area contributed by atoms with Gasteiger partial charge in [0.2, 0.25) is 0 Å². The smallest absolute Gasteiger partial charge is 0.0695 e. The van der Waals surface area contributed by atoms with Crippen molar-refractivity contribution in [2.45, 2.75) is 37.7 Å². The molecule has 1 N–H and O–H groups in total. The number of aliphatic hydroxyl groups is 1. The van der Waals surface area contributed by atoms with Crippen molar-refractivity contribution in [3.8, 4) is 0 Å². The lowest BCUT2D eigenvalue weighted by molar-refractivity contribution is 0.0490. The lowest BCUT2D eigenvalue weighted by Crippen LogP contribution is -2.26. The second-order valence-electron chi connectivity index (χ2n) is 3.69. The van der Waals surface area contributed by atoms with Gasteiger partial charge in [-0.05, 0) is 24.3 Å². The molecule has 1 heterocycles. The number of hydrogen-bond donors (Lipinski definition) is 1. The fourth-order valence-electron chi connectivity index (χ4n) is 1.95. The number of rotatable bonds is 2. The van der Waals surface area contributed by atoms with Crippen molar-refractivity contribution in [3.63, 3.8) is 0 Å². The van der Waals surface area contributed by atoms with E-state index in [2.05, 4.69) is 17.5 Å². The van der Waals surface area contributed by atoms with E-state index in [1.54, 1.807) is 11.3 Å². The summed E-state index contributed by atoms with van der Waals surface area (Å²) in [6.45, 7) is 0. The van der Waals surface area contributed by atoms with Crippen molar-refractivity contribution >= 4 is 11.3 Å². The third kappa shape index (κ3) is 1.70. The normalized spacial score (nSPS) is 21.4. The third-order valence-electron chi connectivity index (χ3n) is 2.62. The summed E-state index contributed by atoms with van der Waals surface area (Å²) in [7, 11) is 0. The Morgan fingerprint density at radius 1 is 1.42 bits per heavy atom. The molecule has 2 heteroatoms. The van der Waals surface area contributed by atoms with Crippen molar-refractivity contribution in [3.05, 3.63) is 22.4 Å². The van der Waals surface area contributed by atoms with Crippen LogP contribution in [0.25, 0.3) is 0 Å². The lowest BCUT2D eigenvalue weighted by atomic mass is 9.97. The van der Waals surface area contributed by atoms with Gasteiger partial charge in [0.15, 0.2) is 0 Å². The molecule has 0 aliphatic heterocycles. The molecule has 0 spiro atoms. The SMILES string of the molecule is OC1(Cc2cccs2)CCCC1. The molecule has 0 amide bonds. The Morgan fingerprint density at radius 2 is 2.17 bits per heavy atom. The molecule has 2 rings (SSSR count). The van der Waals surface area contributed by atoms with Gasteiger partial charge < -0.3 is 5.11 Å². The molecular weight excluding hydrogens is 168 g/mol. The minimum atomic E-state index is -0.370. The minimum Gasteiger partial charge on any atom is -0.390 e. The van der Waals surface area contributed by atoms with Crippen LogP contribution >= 0.6 is 11.3 Å². The van der Waals surface area contributed by atoms with E-state index in [0.717, 1.165) is 19.3 Å². The van der Waals surface area contributed by atoms with Crippen LogP contribution in [-0.2, 0) is 6.42 Å². The highest BCUT2D eigenvalue weighted by atomic mass is 32.1. The maximum atomic E-state index is 10.1. The van der Waals surface area contributed by atoms with Gasteiger partial charge in [-0.15, -0.1) is 11.3 Å². The quantitative estimate of drug-likeness (QED) is 0.745. The van der Waals surface area contributed by atoms with Crippen LogP contribution in [0.5, 0.6) is 0 Å². The molecule has 0 unspecified atom stereocenters. The summed E-state index contributed by atoms with van der Waals surface area (Å²) in [4.78, 5) is 1.32. The maximum Gasteiger partial charge on any atom is 0.0695 e. The largest absolute Gasteiger partial charge is 0.390 e. The zero-order chi connectivity index (χ0) is 8.44. The van der Waals surface area contributed by atoms with E-state index in [-0.39, 0.29) is 5.60 Å². The van der Waals surface area contributed by atoms with Gasteiger partial charge in [0.05, 0.1) is 5.60 Å². The monoisotopic (exact) mass is 182 g/mol. The van der Waals surface area contributed by atoms with Gasteiger partial charge in [0.1, 0.15) is 0 Å². The van der Waals surface area contributed by atoms with Crippen molar-refractivity contribution in [1.29, 1.82) is 0 Å². The Bertz CT molecular complexity index is 234. The molecule has 1 nitrogen and oxygen atoms in total. The first kappa shape index (κ1) is 8.27. The fourth-order valence-corrected chi connectivity index (χ4v) is 2.79. The van der Waals surface area contributed by atoms with Gasteiger partial charge in [0, 0.05) is 11.3 Å². The molecule has 0 radical (unpaired) electrons. The fraction of sp³-hybridized carbons (Fsp3) is 0.600. The van der Waals surface area contributed by atoms with E-state index >= 15 is 0 Å². The van der Waals surface area contributed by atoms with E-state index in [1.807, 2.05) is 0 Å². The second-order valence-corrected chi connectivity index (χ2v) is 4.72. The standard InChI is InChI=1S/C10H14OS/c11-10(5-1-2-6-10)8-9-4-3-7-12-9/h3-4,7,11H,1-2,5-6,8H2. The highest BCUT2D eigenvalue weighted by Gasteiger charge is 2.31. The van der Waals surface area contributed by atoms with E-state index in [4.69, 9.17) is 0 Å². The molecule has 1 fully saturated rings. The Balaban J connectivity index is 2.02. The topological polar surface area (TPSA) is 20.2 Å². The van der Waals surface area contributed by atoms with Crippen LogP contribution in [0.15, 0.2) is 17.5 Å². The van der Waals surface area contributed by atoms with Crippen LogP contribution in [0.3, 0.4) is 0 Å². The summed E-state index contributed by atoms with van der Waals surface area (Å²) in [5, 5.41) is 12.1. The van der Waals surface area contributed by atoms with Crippen LogP contribution in [0.2, 0.25) is 0 Å². The Morgan fingerprint density at radius 3 is 2.75 bits per heavy atom. The first-order valence-electron chi connectivity index (χ1n) is 4.53. The van der Waals surface area contributed by atoms with Gasteiger partial charge in [-0.25, -0.2) is 0 Å². The zero-order valence-corrected chi connectivity index (χ0v) is 7.94. The van der Waals surface area contributed by atoms with E-state index in [0.29, 0.717) is 0 Å². The average molecular weight is 182 g/mol. The first-order chi connectivity index (χ1) is 5.79. The summed E-state index contributed by atoms with van der Waals surface area (Å²) in [6.07, 6.45) is 5.24.